The van der Waals surface area contributed by atoms with Crippen LogP contribution in [0, 0.1) is 13.8 Å². The van der Waals surface area contributed by atoms with E-state index in [1.807, 2.05) is 24.3 Å². The average Bonchev–Trinajstić information content (AvgIpc) is 2.53. The molecule has 0 aliphatic carbocycles. The van der Waals surface area contributed by atoms with Gasteiger partial charge in [0.15, 0.2) is 0 Å². The summed E-state index contributed by atoms with van der Waals surface area (Å²) in [4.78, 5) is 0. The fourth-order valence-electron chi connectivity index (χ4n) is 2.42. The Hall–Kier alpha value is -2.74. The second-order valence-corrected chi connectivity index (χ2v) is 5.43. The Labute approximate surface area is 131 Å². The van der Waals surface area contributed by atoms with Gasteiger partial charge in [0.2, 0.25) is 0 Å². The van der Waals surface area contributed by atoms with Gasteiger partial charge in [0, 0.05) is 11.4 Å². The van der Waals surface area contributed by atoms with Crippen molar-refractivity contribution in [3.8, 4) is 0 Å². The molecule has 0 heterocycles. The van der Waals surface area contributed by atoms with E-state index < -0.39 is 0 Å². The van der Waals surface area contributed by atoms with E-state index in [4.69, 9.17) is 0 Å². The zero-order valence-corrected chi connectivity index (χ0v) is 12.9. The highest BCUT2D eigenvalue weighted by Gasteiger charge is 2.05. The van der Waals surface area contributed by atoms with Crippen LogP contribution in [0.5, 0.6) is 0 Å². The monoisotopic (exact) mass is 288 g/mol. The number of rotatable bonds is 4. The molecular weight excluding hydrogens is 268 g/mol. The number of para-hydroxylation sites is 4. The largest absolute Gasteiger partial charge is 0.354 e. The predicted molar refractivity (Wildman–Crippen MR) is 95.4 cm³/mol. The van der Waals surface area contributed by atoms with Crippen molar-refractivity contribution in [1.82, 2.24) is 0 Å². The highest BCUT2D eigenvalue weighted by Crippen LogP contribution is 2.30. The minimum atomic E-state index is 1.07. The Kier molecular flexibility index (Phi) is 4.10. The molecule has 2 N–H and O–H groups in total. The molecule has 2 heteroatoms. The van der Waals surface area contributed by atoms with Crippen molar-refractivity contribution in [2.45, 2.75) is 13.8 Å². The Morgan fingerprint density at radius 3 is 1.14 bits per heavy atom. The van der Waals surface area contributed by atoms with Crippen molar-refractivity contribution in [3.63, 3.8) is 0 Å². The first-order valence-corrected chi connectivity index (χ1v) is 7.48. The van der Waals surface area contributed by atoms with Crippen LogP contribution < -0.4 is 10.6 Å². The number of benzene rings is 3. The van der Waals surface area contributed by atoms with Crippen LogP contribution in [0.3, 0.4) is 0 Å². The Bertz CT molecular complexity index is 711. The van der Waals surface area contributed by atoms with Crippen molar-refractivity contribution < 1.29 is 0 Å². The van der Waals surface area contributed by atoms with Gasteiger partial charge in [-0.3, -0.25) is 0 Å². The summed E-state index contributed by atoms with van der Waals surface area (Å²) >= 11 is 0. The number of anilines is 4. The van der Waals surface area contributed by atoms with Crippen molar-refractivity contribution in [3.05, 3.63) is 83.9 Å². The Balaban J connectivity index is 1.91. The van der Waals surface area contributed by atoms with Gasteiger partial charge in [-0.2, -0.15) is 0 Å². The van der Waals surface area contributed by atoms with Gasteiger partial charge in [0.1, 0.15) is 0 Å². The molecule has 0 radical (unpaired) electrons. The summed E-state index contributed by atoms with van der Waals surface area (Å²) in [6.45, 7) is 4.22. The lowest BCUT2D eigenvalue weighted by molar-refractivity contribution is 1.41. The van der Waals surface area contributed by atoms with Gasteiger partial charge < -0.3 is 10.6 Å². The molecule has 3 rings (SSSR count). The first kappa shape index (κ1) is 14.2. The molecule has 0 aromatic heterocycles. The fourth-order valence-corrected chi connectivity index (χ4v) is 2.42. The molecule has 0 aliphatic rings. The van der Waals surface area contributed by atoms with Crippen LogP contribution in [0.25, 0.3) is 0 Å². The van der Waals surface area contributed by atoms with Gasteiger partial charge in [-0.25, -0.2) is 0 Å². The van der Waals surface area contributed by atoms with Gasteiger partial charge in [-0.1, -0.05) is 48.5 Å². The van der Waals surface area contributed by atoms with Crippen LogP contribution >= 0.6 is 0 Å². The summed E-state index contributed by atoms with van der Waals surface area (Å²) in [5.74, 6) is 0. The van der Waals surface area contributed by atoms with E-state index in [1.165, 1.54) is 11.1 Å². The summed E-state index contributed by atoms with van der Waals surface area (Å²) in [6, 6.07) is 24.9. The van der Waals surface area contributed by atoms with Crippen molar-refractivity contribution in [2.24, 2.45) is 0 Å². The van der Waals surface area contributed by atoms with Crippen LogP contribution in [0.4, 0.5) is 22.7 Å². The maximum Gasteiger partial charge on any atom is 0.0623 e. The maximum absolute atomic E-state index is 3.52. The number of nitrogens with one attached hydrogen (secondary N) is 2. The van der Waals surface area contributed by atoms with Gasteiger partial charge in [0.05, 0.1) is 11.4 Å². The molecule has 0 atom stereocenters. The van der Waals surface area contributed by atoms with E-state index >= 15 is 0 Å². The number of hydrogen-bond acceptors (Lipinski definition) is 2. The Morgan fingerprint density at radius 1 is 0.455 bits per heavy atom. The standard InChI is InChI=1S/C20H20N2/c1-15-9-3-5-11-17(15)21-19-13-7-8-14-20(19)22-18-12-6-4-10-16(18)2/h3-14,21-22H,1-2H3. The SMILES string of the molecule is Cc1ccccc1Nc1ccccc1Nc1ccccc1C. The van der Waals surface area contributed by atoms with Crippen LogP contribution in [-0.2, 0) is 0 Å². The molecule has 0 amide bonds. The quantitative estimate of drug-likeness (QED) is 0.635. The molecule has 0 spiro atoms. The zero-order chi connectivity index (χ0) is 15.4. The molecule has 0 saturated heterocycles. The summed E-state index contributed by atoms with van der Waals surface area (Å²) in [5, 5.41) is 7.04. The average molecular weight is 288 g/mol. The highest BCUT2D eigenvalue weighted by molar-refractivity contribution is 5.79. The van der Waals surface area contributed by atoms with E-state index in [9.17, 15) is 0 Å². The molecule has 0 saturated carbocycles. The van der Waals surface area contributed by atoms with Gasteiger partial charge in [0.25, 0.3) is 0 Å². The molecule has 22 heavy (non-hydrogen) atoms. The second-order valence-electron chi connectivity index (χ2n) is 5.43. The molecule has 0 aliphatic heterocycles. The van der Waals surface area contributed by atoms with Crippen LogP contribution in [0.2, 0.25) is 0 Å². The van der Waals surface area contributed by atoms with E-state index in [1.54, 1.807) is 0 Å². The van der Waals surface area contributed by atoms with Gasteiger partial charge >= 0.3 is 0 Å². The predicted octanol–water partition coefficient (Wildman–Crippen LogP) is 5.79. The molecule has 3 aromatic rings. The molecule has 0 bridgehead atoms. The summed E-state index contributed by atoms with van der Waals surface area (Å²) in [7, 11) is 0. The van der Waals surface area contributed by atoms with Crippen molar-refractivity contribution >= 4 is 22.7 Å². The van der Waals surface area contributed by atoms with Crippen LogP contribution in [0.1, 0.15) is 11.1 Å². The van der Waals surface area contributed by atoms with E-state index in [2.05, 4.69) is 73.0 Å². The minimum absolute atomic E-state index is 1.07. The summed E-state index contributed by atoms with van der Waals surface area (Å²) < 4.78 is 0. The minimum Gasteiger partial charge on any atom is -0.354 e. The van der Waals surface area contributed by atoms with E-state index in [-0.39, 0.29) is 0 Å². The molecule has 2 nitrogen and oxygen atoms in total. The Morgan fingerprint density at radius 2 is 0.773 bits per heavy atom. The zero-order valence-electron chi connectivity index (χ0n) is 12.9. The lowest BCUT2D eigenvalue weighted by Gasteiger charge is -2.16. The number of hydrogen-bond donors (Lipinski definition) is 2. The third kappa shape index (κ3) is 3.12. The topological polar surface area (TPSA) is 24.1 Å². The molecule has 0 unspecified atom stereocenters. The highest BCUT2D eigenvalue weighted by atomic mass is 15.0. The third-order valence-corrected chi connectivity index (χ3v) is 3.76. The van der Waals surface area contributed by atoms with Gasteiger partial charge in [-0.15, -0.1) is 0 Å². The normalized spacial score (nSPS) is 10.3. The summed E-state index contributed by atoms with van der Waals surface area (Å²) in [6.07, 6.45) is 0. The third-order valence-electron chi connectivity index (χ3n) is 3.76. The second kappa shape index (κ2) is 6.35. The van der Waals surface area contributed by atoms with Crippen LogP contribution in [0.15, 0.2) is 72.8 Å². The molecule has 110 valence electrons. The van der Waals surface area contributed by atoms with E-state index in [0.717, 1.165) is 22.7 Å². The lowest BCUT2D eigenvalue weighted by atomic mass is 10.1. The molecule has 3 aromatic carbocycles. The molecule has 0 fully saturated rings. The number of aryl methyl sites for hydroxylation is 2. The van der Waals surface area contributed by atoms with E-state index in [0.29, 0.717) is 0 Å². The lowest BCUT2D eigenvalue weighted by Crippen LogP contribution is -1.99. The fraction of sp³-hybridized carbons (Fsp3) is 0.100. The van der Waals surface area contributed by atoms with Crippen molar-refractivity contribution in [1.29, 1.82) is 0 Å². The molecular formula is C20H20N2. The van der Waals surface area contributed by atoms with Crippen LogP contribution in [-0.4, -0.2) is 0 Å². The first-order valence-electron chi connectivity index (χ1n) is 7.48. The maximum atomic E-state index is 3.52. The summed E-state index contributed by atoms with van der Waals surface area (Å²) in [5.41, 5.74) is 6.85. The van der Waals surface area contributed by atoms with Gasteiger partial charge in [-0.05, 0) is 49.2 Å². The smallest absolute Gasteiger partial charge is 0.0623 e. The first-order chi connectivity index (χ1) is 10.7. The van der Waals surface area contributed by atoms with Crippen molar-refractivity contribution in [2.75, 3.05) is 10.6 Å².